The fourth-order valence-electron chi connectivity index (χ4n) is 2.49. The van der Waals surface area contributed by atoms with Crippen molar-refractivity contribution in [3.8, 4) is 0 Å². The molecular formula is C18H14F3NO2S2. The Morgan fingerprint density at radius 2 is 1.88 bits per heavy atom. The second kappa shape index (κ2) is 7.22. The third-order valence-corrected chi connectivity index (χ3v) is 5.59. The summed E-state index contributed by atoms with van der Waals surface area (Å²) in [4.78, 5) is 13.0. The van der Waals surface area contributed by atoms with Crippen LogP contribution in [-0.4, -0.2) is 17.6 Å². The first-order valence-electron chi connectivity index (χ1n) is 7.55. The van der Waals surface area contributed by atoms with Crippen molar-refractivity contribution in [3.05, 3.63) is 80.2 Å². The van der Waals surface area contributed by atoms with Gasteiger partial charge >= 0.3 is 6.18 Å². The maximum atomic E-state index is 12.8. The number of amides is 1. The normalized spacial score (nSPS) is 14.0. The molecule has 3 aromatic rings. The molecule has 2 heterocycles. The van der Waals surface area contributed by atoms with Gasteiger partial charge in [0.2, 0.25) is 0 Å². The Balaban J connectivity index is 1.81. The molecule has 1 amide bonds. The SMILES string of the molecule is O=C(NC[C@@](O)(c1ccsc1)c1cccs1)c1cccc(C(F)(F)F)c1. The minimum atomic E-state index is -4.52. The lowest BCUT2D eigenvalue weighted by molar-refractivity contribution is -0.137. The molecule has 0 aliphatic rings. The molecule has 0 bridgehead atoms. The van der Waals surface area contributed by atoms with Gasteiger partial charge in [-0.25, -0.2) is 0 Å². The molecule has 0 unspecified atom stereocenters. The Kier molecular flexibility index (Phi) is 5.17. The quantitative estimate of drug-likeness (QED) is 0.666. The lowest BCUT2D eigenvalue weighted by Crippen LogP contribution is -2.41. The van der Waals surface area contributed by atoms with Gasteiger partial charge in [-0.3, -0.25) is 4.79 Å². The Hall–Kier alpha value is -2.16. The first-order valence-corrected chi connectivity index (χ1v) is 9.37. The van der Waals surface area contributed by atoms with E-state index in [2.05, 4.69) is 5.32 Å². The molecule has 26 heavy (non-hydrogen) atoms. The third-order valence-electron chi connectivity index (χ3n) is 3.88. The van der Waals surface area contributed by atoms with Gasteiger partial charge in [0.15, 0.2) is 0 Å². The van der Waals surface area contributed by atoms with Crippen molar-refractivity contribution in [2.45, 2.75) is 11.8 Å². The van der Waals surface area contributed by atoms with Gasteiger partial charge in [-0.2, -0.15) is 24.5 Å². The number of carbonyl (C=O) groups is 1. The zero-order valence-electron chi connectivity index (χ0n) is 13.3. The van der Waals surface area contributed by atoms with Crippen LogP contribution in [0.3, 0.4) is 0 Å². The Morgan fingerprint density at radius 1 is 1.08 bits per heavy atom. The van der Waals surface area contributed by atoms with E-state index in [1.807, 2.05) is 5.38 Å². The van der Waals surface area contributed by atoms with Crippen molar-refractivity contribution in [3.63, 3.8) is 0 Å². The number of thiophene rings is 2. The summed E-state index contributed by atoms with van der Waals surface area (Å²) in [7, 11) is 0. The Labute approximate surface area is 155 Å². The van der Waals surface area contributed by atoms with Crippen LogP contribution in [0.2, 0.25) is 0 Å². The summed E-state index contributed by atoms with van der Waals surface area (Å²) in [5, 5.41) is 19.1. The summed E-state index contributed by atoms with van der Waals surface area (Å²) < 4.78 is 38.4. The number of rotatable bonds is 5. The zero-order chi connectivity index (χ0) is 18.8. The molecule has 136 valence electrons. The number of benzene rings is 1. The largest absolute Gasteiger partial charge is 0.416 e. The lowest BCUT2D eigenvalue weighted by atomic mass is 9.94. The van der Waals surface area contributed by atoms with Crippen molar-refractivity contribution in [1.29, 1.82) is 0 Å². The fourth-order valence-corrected chi connectivity index (χ4v) is 4.06. The minimum Gasteiger partial charge on any atom is -0.378 e. The number of hydrogen-bond donors (Lipinski definition) is 2. The highest BCUT2D eigenvalue weighted by molar-refractivity contribution is 7.10. The van der Waals surface area contributed by atoms with E-state index < -0.39 is 23.2 Å². The molecule has 0 fully saturated rings. The van der Waals surface area contributed by atoms with E-state index in [4.69, 9.17) is 0 Å². The van der Waals surface area contributed by atoms with Crippen LogP contribution in [0.4, 0.5) is 13.2 Å². The predicted molar refractivity (Wildman–Crippen MR) is 95.4 cm³/mol. The van der Waals surface area contributed by atoms with E-state index in [1.165, 1.54) is 34.8 Å². The van der Waals surface area contributed by atoms with Crippen molar-refractivity contribution >= 4 is 28.6 Å². The van der Waals surface area contributed by atoms with Crippen molar-refractivity contribution in [2.75, 3.05) is 6.54 Å². The van der Waals surface area contributed by atoms with Crippen LogP contribution in [0.1, 0.15) is 26.4 Å². The number of aliphatic hydroxyl groups is 1. The van der Waals surface area contributed by atoms with Crippen LogP contribution in [0.25, 0.3) is 0 Å². The predicted octanol–water partition coefficient (Wildman–Crippen LogP) is 4.49. The van der Waals surface area contributed by atoms with Crippen LogP contribution in [0.15, 0.2) is 58.6 Å². The molecule has 3 rings (SSSR count). The van der Waals surface area contributed by atoms with Gasteiger partial charge in [0.25, 0.3) is 5.91 Å². The van der Waals surface area contributed by atoms with Gasteiger partial charge in [-0.05, 0) is 46.5 Å². The molecule has 2 aromatic heterocycles. The van der Waals surface area contributed by atoms with Gasteiger partial charge in [-0.1, -0.05) is 12.1 Å². The summed E-state index contributed by atoms with van der Waals surface area (Å²) in [5.41, 5.74) is -1.82. The second-order valence-electron chi connectivity index (χ2n) is 5.61. The number of carbonyl (C=O) groups excluding carboxylic acids is 1. The Morgan fingerprint density at radius 3 is 2.50 bits per heavy atom. The molecular weight excluding hydrogens is 383 g/mol. The molecule has 2 N–H and O–H groups in total. The zero-order valence-corrected chi connectivity index (χ0v) is 14.9. The maximum Gasteiger partial charge on any atom is 0.416 e. The summed E-state index contributed by atoms with van der Waals surface area (Å²) in [5.74, 6) is -0.679. The summed E-state index contributed by atoms with van der Waals surface area (Å²) in [6.45, 7) is -0.153. The fraction of sp³-hybridized carbons (Fsp3) is 0.167. The Bertz CT molecular complexity index is 840. The van der Waals surface area contributed by atoms with Crippen LogP contribution >= 0.6 is 22.7 Å². The topological polar surface area (TPSA) is 49.3 Å². The smallest absolute Gasteiger partial charge is 0.378 e. The third kappa shape index (κ3) is 3.82. The van der Waals surface area contributed by atoms with Crippen molar-refractivity contribution < 1.29 is 23.1 Å². The van der Waals surface area contributed by atoms with Crippen LogP contribution in [0.5, 0.6) is 0 Å². The van der Waals surface area contributed by atoms with Gasteiger partial charge in [-0.15, -0.1) is 11.3 Å². The standard InChI is InChI=1S/C18H14F3NO2S2/c19-18(20,21)13-4-1-3-12(9-13)16(23)22-11-17(24,14-6-8-25-10-14)15-5-2-7-26-15/h1-10,24H,11H2,(H,22,23)/t17-/m1/s1. The molecule has 0 saturated carbocycles. The van der Waals surface area contributed by atoms with Gasteiger partial charge in [0.1, 0.15) is 5.60 Å². The van der Waals surface area contributed by atoms with Gasteiger partial charge in [0.05, 0.1) is 12.1 Å². The number of halogens is 3. The molecule has 1 atom stereocenters. The first kappa shape index (κ1) is 18.6. The monoisotopic (exact) mass is 397 g/mol. The van der Waals surface area contributed by atoms with E-state index in [0.717, 1.165) is 12.1 Å². The van der Waals surface area contributed by atoms with Crippen LogP contribution in [0, 0.1) is 0 Å². The highest BCUT2D eigenvalue weighted by Crippen LogP contribution is 2.34. The van der Waals surface area contributed by atoms with E-state index in [9.17, 15) is 23.1 Å². The van der Waals surface area contributed by atoms with Crippen molar-refractivity contribution in [2.24, 2.45) is 0 Å². The van der Waals surface area contributed by atoms with E-state index in [1.54, 1.807) is 29.0 Å². The second-order valence-corrected chi connectivity index (χ2v) is 7.34. The molecule has 0 radical (unpaired) electrons. The molecule has 0 aliphatic heterocycles. The average molecular weight is 397 g/mol. The first-order chi connectivity index (χ1) is 12.3. The van der Waals surface area contributed by atoms with Crippen LogP contribution < -0.4 is 5.32 Å². The van der Waals surface area contributed by atoms with Crippen molar-refractivity contribution in [1.82, 2.24) is 5.32 Å². The van der Waals surface area contributed by atoms with E-state index in [0.29, 0.717) is 10.4 Å². The maximum absolute atomic E-state index is 12.8. The number of alkyl halides is 3. The average Bonchev–Trinajstić information content (AvgIpc) is 3.32. The van der Waals surface area contributed by atoms with Gasteiger partial charge < -0.3 is 10.4 Å². The lowest BCUT2D eigenvalue weighted by Gasteiger charge is -2.27. The molecule has 0 aliphatic carbocycles. The number of nitrogens with one attached hydrogen (secondary N) is 1. The minimum absolute atomic E-state index is 0.112. The summed E-state index contributed by atoms with van der Waals surface area (Å²) >= 11 is 2.74. The van der Waals surface area contributed by atoms with Gasteiger partial charge in [0, 0.05) is 16.0 Å². The molecule has 8 heteroatoms. The molecule has 0 saturated heterocycles. The summed E-state index contributed by atoms with van der Waals surface area (Å²) in [6, 6.07) is 9.47. The van der Waals surface area contributed by atoms with Crippen LogP contribution in [-0.2, 0) is 11.8 Å². The summed E-state index contributed by atoms with van der Waals surface area (Å²) in [6.07, 6.45) is -4.52. The molecule has 0 spiro atoms. The highest BCUT2D eigenvalue weighted by Gasteiger charge is 2.34. The molecule has 3 nitrogen and oxygen atoms in total. The molecule has 1 aromatic carbocycles. The van der Waals surface area contributed by atoms with E-state index >= 15 is 0 Å². The number of hydrogen-bond acceptors (Lipinski definition) is 4. The van der Waals surface area contributed by atoms with E-state index in [-0.39, 0.29) is 12.1 Å². The highest BCUT2D eigenvalue weighted by atomic mass is 32.1.